The molecule has 1 N–H and O–H groups in total. The number of aryl methyl sites for hydroxylation is 2. The van der Waals surface area contributed by atoms with Gasteiger partial charge in [-0.05, 0) is 12.5 Å². The Balaban J connectivity index is 1.87. The van der Waals surface area contributed by atoms with Crippen LogP contribution in [0, 0.1) is 0 Å². The van der Waals surface area contributed by atoms with Gasteiger partial charge in [-0.15, -0.1) is 0 Å². The molecule has 2 aromatic rings. The summed E-state index contributed by atoms with van der Waals surface area (Å²) in [5, 5.41) is 11.3. The van der Waals surface area contributed by atoms with E-state index in [1.807, 2.05) is 16.9 Å². The molecule has 0 aliphatic heterocycles. The molecule has 0 aliphatic carbocycles. The van der Waals surface area contributed by atoms with E-state index in [2.05, 4.69) is 15.5 Å². The SMILES string of the molecule is Cn1ncc(NCCCn2cccn2)c(Cl)c1=O. The first-order chi connectivity index (χ1) is 8.68. The standard InChI is InChI=1S/C11H14ClN5O/c1-16-11(18)10(12)9(8-15-16)13-4-2-6-17-7-3-5-14-17/h3,5,7-8,13H,2,4,6H2,1H3. The maximum absolute atomic E-state index is 11.5. The van der Waals surface area contributed by atoms with Gasteiger partial charge >= 0.3 is 0 Å². The average Bonchev–Trinajstić information content (AvgIpc) is 2.87. The van der Waals surface area contributed by atoms with E-state index < -0.39 is 0 Å². The Morgan fingerprint density at radius 2 is 2.28 bits per heavy atom. The minimum absolute atomic E-state index is 0.173. The van der Waals surface area contributed by atoms with E-state index in [1.54, 1.807) is 19.4 Å². The largest absolute Gasteiger partial charge is 0.382 e. The van der Waals surface area contributed by atoms with Crippen molar-refractivity contribution in [1.82, 2.24) is 19.6 Å². The van der Waals surface area contributed by atoms with Crippen molar-refractivity contribution < 1.29 is 0 Å². The zero-order valence-electron chi connectivity index (χ0n) is 10.0. The molecule has 7 heteroatoms. The lowest BCUT2D eigenvalue weighted by Gasteiger charge is -2.08. The molecule has 18 heavy (non-hydrogen) atoms. The highest BCUT2D eigenvalue weighted by Gasteiger charge is 2.06. The molecule has 2 heterocycles. The summed E-state index contributed by atoms with van der Waals surface area (Å²) in [4.78, 5) is 11.5. The van der Waals surface area contributed by atoms with Gasteiger partial charge in [0.1, 0.15) is 5.02 Å². The minimum Gasteiger partial charge on any atom is -0.382 e. The summed E-state index contributed by atoms with van der Waals surface area (Å²) < 4.78 is 3.06. The third kappa shape index (κ3) is 2.89. The summed E-state index contributed by atoms with van der Waals surface area (Å²) in [6, 6.07) is 1.88. The van der Waals surface area contributed by atoms with Gasteiger partial charge in [0.05, 0.1) is 11.9 Å². The van der Waals surface area contributed by atoms with E-state index in [9.17, 15) is 4.79 Å². The topological polar surface area (TPSA) is 64.7 Å². The molecule has 0 saturated carbocycles. The van der Waals surface area contributed by atoms with Crippen molar-refractivity contribution in [3.63, 3.8) is 0 Å². The zero-order chi connectivity index (χ0) is 13.0. The van der Waals surface area contributed by atoms with E-state index >= 15 is 0 Å². The monoisotopic (exact) mass is 267 g/mol. The summed E-state index contributed by atoms with van der Waals surface area (Å²) >= 11 is 5.92. The second kappa shape index (κ2) is 5.68. The molecular weight excluding hydrogens is 254 g/mol. The predicted octanol–water partition coefficient (Wildman–Crippen LogP) is 1.13. The second-order valence-corrected chi connectivity index (χ2v) is 4.23. The fourth-order valence-electron chi connectivity index (χ4n) is 1.53. The van der Waals surface area contributed by atoms with Crippen LogP contribution in [0.3, 0.4) is 0 Å². The summed E-state index contributed by atoms with van der Waals surface area (Å²) in [6.07, 6.45) is 6.09. The van der Waals surface area contributed by atoms with E-state index in [1.165, 1.54) is 4.68 Å². The number of nitrogens with one attached hydrogen (secondary N) is 1. The van der Waals surface area contributed by atoms with Crippen LogP contribution in [0.25, 0.3) is 0 Å². The number of aromatic nitrogens is 4. The number of anilines is 1. The third-order valence-electron chi connectivity index (χ3n) is 2.52. The van der Waals surface area contributed by atoms with Crippen molar-refractivity contribution in [2.75, 3.05) is 11.9 Å². The highest BCUT2D eigenvalue weighted by Crippen LogP contribution is 2.14. The van der Waals surface area contributed by atoms with E-state index in [-0.39, 0.29) is 10.6 Å². The van der Waals surface area contributed by atoms with E-state index in [0.29, 0.717) is 12.2 Å². The van der Waals surface area contributed by atoms with Gasteiger partial charge < -0.3 is 5.32 Å². The number of hydrogen-bond donors (Lipinski definition) is 1. The molecular formula is C11H14ClN5O. The van der Waals surface area contributed by atoms with E-state index in [4.69, 9.17) is 11.6 Å². The number of halogens is 1. The van der Waals surface area contributed by atoms with Gasteiger partial charge in [0, 0.05) is 32.5 Å². The van der Waals surface area contributed by atoms with Gasteiger partial charge in [0.15, 0.2) is 0 Å². The van der Waals surface area contributed by atoms with Crippen molar-refractivity contribution in [2.45, 2.75) is 13.0 Å². The maximum Gasteiger partial charge on any atom is 0.287 e. The van der Waals surface area contributed by atoms with Gasteiger partial charge in [-0.3, -0.25) is 9.48 Å². The summed E-state index contributed by atoms with van der Waals surface area (Å²) in [5.41, 5.74) is 0.272. The van der Waals surface area contributed by atoms with Gasteiger partial charge in [0.2, 0.25) is 0 Å². The fourth-order valence-corrected chi connectivity index (χ4v) is 1.77. The van der Waals surface area contributed by atoms with Crippen LogP contribution in [-0.2, 0) is 13.6 Å². The first kappa shape index (κ1) is 12.6. The molecule has 2 aromatic heterocycles. The van der Waals surface area contributed by atoms with Crippen LogP contribution in [0.15, 0.2) is 29.5 Å². The highest BCUT2D eigenvalue weighted by atomic mass is 35.5. The minimum atomic E-state index is -0.297. The van der Waals surface area contributed by atoms with Gasteiger partial charge in [0.25, 0.3) is 5.56 Å². The molecule has 0 radical (unpaired) electrons. The number of rotatable bonds is 5. The van der Waals surface area contributed by atoms with Crippen LogP contribution in [0.5, 0.6) is 0 Å². The first-order valence-electron chi connectivity index (χ1n) is 5.61. The lowest BCUT2D eigenvalue weighted by atomic mass is 10.4. The Labute approximate surface area is 109 Å². The molecule has 0 bridgehead atoms. The highest BCUT2D eigenvalue weighted by molar-refractivity contribution is 6.32. The first-order valence-corrected chi connectivity index (χ1v) is 5.99. The molecule has 0 unspecified atom stereocenters. The second-order valence-electron chi connectivity index (χ2n) is 3.85. The third-order valence-corrected chi connectivity index (χ3v) is 2.88. The van der Waals surface area contributed by atoms with E-state index in [0.717, 1.165) is 13.0 Å². The number of hydrogen-bond acceptors (Lipinski definition) is 4. The Kier molecular flexibility index (Phi) is 3.99. The molecule has 0 fully saturated rings. The van der Waals surface area contributed by atoms with Gasteiger partial charge in [-0.2, -0.15) is 10.2 Å². The van der Waals surface area contributed by atoms with Crippen molar-refractivity contribution >= 4 is 17.3 Å². The summed E-state index contributed by atoms with van der Waals surface area (Å²) in [7, 11) is 1.57. The Morgan fingerprint density at radius 1 is 1.44 bits per heavy atom. The zero-order valence-corrected chi connectivity index (χ0v) is 10.8. The van der Waals surface area contributed by atoms with Crippen molar-refractivity contribution in [3.05, 3.63) is 40.0 Å². The number of nitrogens with zero attached hydrogens (tertiary/aromatic N) is 4. The van der Waals surface area contributed by atoms with Crippen LogP contribution in [-0.4, -0.2) is 26.1 Å². The predicted molar refractivity (Wildman–Crippen MR) is 69.8 cm³/mol. The Hall–Kier alpha value is -1.82. The lowest BCUT2D eigenvalue weighted by Crippen LogP contribution is -2.21. The summed E-state index contributed by atoms with van der Waals surface area (Å²) in [6.45, 7) is 1.52. The molecule has 0 amide bonds. The summed E-state index contributed by atoms with van der Waals surface area (Å²) in [5.74, 6) is 0. The molecule has 0 aromatic carbocycles. The smallest absolute Gasteiger partial charge is 0.287 e. The Bertz CT molecular complexity index is 563. The normalized spacial score (nSPS) is 10.6. The van der Waals surface area contributed by atoms with Crippen LogP contribution >= 0.6 is 11.6 Å². The van der Waals surface area contributed by atoms with Crippen LogP contribution in [0.1, 0.15) is 6.42 Å². The van der Waals surface area contributed by atoms with Gasteiger partial charge in [-0.1, -0.05) is 11.6 Å². The molecule has 2 rings (SSSR count). The van der Waals surface area contributed by atoms with Crippen molar-refractivity contribution in [1.29, 1.82) is 0 Å². The molecule has 0 saturated heterocycles. The quantitative estimate of drug-likeness (QED) is 0.825. The average molecular weight is 268 g/mol. The molecule has 0 atom stereocenters. The van der Waals surface area contributed by atoms with Crippen LogP contribution < -0.4 is 10.9 Å². The maximum atomic E-state index is 11.5. The molecule has 6 nitrogen and oxygen atoms in total. The fraction of sp³-hybridized carbons (Fsp3) is 0.364. The lowest BCUT2D eigenvalue weighted by molar-refractivity contribution is 0.591. The van der Waals surface area contributed by atoms with Crippen molar-refractivity contribution in [2.24, 2.45) is 7.05 Å². The van der Waals surface area contributed by atoms with Gasteiger partial charge in [-0.25, -0.2) is 4.68 Å². The molecule has 0 spiro atoms. The molecule has 0 aliphatic rings. The van der Waals surface area contributed by atoms with Crippen LogP contribution in [0.2, 0.25) is 5.02 Å². The van der Waals surface area contributed by atoms with Crippen LogP contribution in [0.4, 0.5) is 5.69 Å². The van der Waals surface area contributed by atoms with Crippen molar-refractivity contribution in [3.8, 4) is 0 Å². The Morgan fingerprint density at radius 3 is 3.00 bits per heavy atom. The molecule has 96 valence electrons.